The minimum absolute atomic E-state index is 0.0459. The van der Waals surface area contributed by atoms with E-state index in [1.165, 1.54) is 17.0 Å². The van der Waals surface area contributed by atoms with Crippen LogP contribution >= 0.6 is 23.2 Å². The maximum atomic E-state index is 12.5. The third kappa shape index (κ3) is 4.61. The van der Waals surface area contributed by atoms with Crippen molar-refractivity contribution in [1.29, 1.82) is 0 Å². The Labute approximate surface area is 157 Å². The lowest BCUT2D eigenvalue weighted by molar-refractivity contribution is -0.898. The standard InChI is InChI=1S/C16H18Cl2N4O2S/c17-13-2-3-14(18)15(12-13)25(23,24)11-10-21-6-8-22(9-7-21)16-19-4-1-5-20-16/h1-5,12H,6-11H2/p+1. The molecule has 0 bridgehead atoms. The predicted molar refractivity (Wildman–Crippen MR) is 98.3 cm³/mol. The van der Waals surface area contributed by atoms with Crippen molar-refractivity contribution in [2.75, 3.05) is 43.4 Å². The molecule has 9 heteroatoms. The van der Waals surface area contributed by atoms with Gasteiger partial charge in [0, 0.05) is 17.4 Å². The van der Waals surface area contributed by atoms with Crippen LogP contribution in [0.4, 0.5) is 5.95 Å². The molecule has 2 heterocycles. The quantitative estimate of drug-likeness (QED) is 0.807. The van der Waals surface area contributed by atoms with Crippen LogP contribution in [0.25, 0.3) is 0 Å². The van der Waals surface area contributed by atoms with Crippen LogP contribution in [0, 0.1) is 0 Å². The number of quaternary nitrogens is 1. The summed E-state index contributed by atoms with van der Waals surface area (Å²) >= 11 is 11.9. The largest absolute Gasteiger partial charge is 0.331 e. The molecule has 134 valence electrons. The van der Waals surface area contributed by atoms with E-state index in [1.807, 2.05) is 0 Å². The number of sulfone groups is 1. The molecule has 0 spiro atoms. The molecule has 3 rings (SSSR count). The van der Waals surface area contributed by atoms with Gasteiger partial charge in [0.2, 0.25) is 5.95 Å². The highest BCUT2D eigenvalue weighted by Gasteiger charge is 2.25. The molecular formula is C16H19Cl2N4O2S+. The number of anilines is 1. The van der Waals surface area contributed by atoms with Crippen LogP contribution in [-0.4, -0.2) is 56.9 Å². The predicted octanol–water partition coefficient (Wildman–Crippen LogP) is 0.962. The SMILES string of the molecule is O=S(=O)(CC[NH+]1CCN(c2ncccn2)CC1)c1cc(Cl)ccc1Cl. The first-order valence-electron chi connectivity index (χ1n) is 7.99. The highest BCUT2D eigenvalue weighted by Crippen LogP contribution is 2.25. The lowest BCUT2D eigenvalue weighted by Gasteiger charge is -2.32. The van der Waals surface area contributed by atoms with E-state index >= 15 is 0 Å². The second-order valence-electron chi connectivity index (χ2n) is 5.93. The molecule has 1 saturated heterocycles. The second kappa shape index (κ2) is 7.86. The van der Waals surface area contributed by atoms with Crippen LogP contribution in [0.3, 0.4) is 0 Å². The molecule has 6 nitrogen and oxygen atoms in total. The van der Waals surface area contributed by atoms with E-state index in [1.54, 1.807) is 24.5 Å². The van der Waals surface area contributed by atoms with Gasteiger partial charge in [0.05, 0.1) is 42.6 Å². The molecule has 0 radical (unpaired) electrons. The topological polar surface area (TPSA) is 67.6 Å². The Morgan fingerprint density at radius 3 is 2.48 bits per heavy atom. The van der Waals surface area contributed by atoms with Gasteiger partial charge in [0.15, 0.2) is 9.84 Å². The highest BCUT2D eigenvalue weighted by atomic mass is 35.5. The number of benzene rings is 1. The van der Waals surface area contributed by atoms with Crippen molar-refractivity contribution < 1.29 is 13.3 Å². The summed E-state index contributed by atoms with van der Waals surface area (Å²) in [5, 5.41) is 0.581. The molecule has 2 aromatic rings. The van der Waals surface area contributed by atoms with Crippen molar-refractivity contribution >= 4 is 39.0 Å². The number of halogens is 2. The summed E-state index contributed by atoms with van der Waals surface area (Å²) in [7, 11) is -3.45. The summed E-state index contributed by atoms with van der Waals surface area (Å²) in [6, 6.07) is 6.30. The van der Waals surface area contributed by atoms with Crippen LogP contribution in [0.5, 0.6) is 0 Å². The zero-order valence-electron chi connectivity index (χ0n) is 13.5. The van der Waals surface area contributed by atoms with Gasteiger partial charge in [0.1, 0.15) is 5.75 Å². The van der Waals surface area contributed by atoms with E-state index in [4.69, 9.17) is 23.2 Å². The second-order valence-corrected chi connectivity index (χ2v) is 8.85. The number of hydrogen-bond acceptors (Lipinski definition) is 5. The van der Waals surface area contributed by atoms with Gasteiger partial charge < -0.3 is 9.80 Å². The molecule has 25 heavy (non-hydrogen) atoms. The van der Waals surface area contributed by atoms with Crippen LogP contribution in [-0.2, 0) is 9.84 Å². The fourth-order valence-corrected chi connectivity index (χ4v) is 4.99. The van der Waals surface area contributed by atoms with Gasteiger partial charge >= 0.3 is 0 Å². The Kier molecular flexibility index (Phi) is 5.78. The minimum atomic E-state index is -3.45. The number of nitrogens with zero attached hydrogens (tertiary/aromatic N) is 3. The van der Waals surface area contributed by atoms with Crippen LogP contribution in [0.1, 0.15) is 0 Å². The Morgan fingerprint density at radius 2 is 1.80 bits per heavy atom. The zero-order chi connectivity index (χ0) is 17.9. The molecular weight excluding hydrogens is 383 g/mol. The lowest BCUT2D eigenvalue weighted by atomic mass is 10.3. The highest BCUT2D eigenvalue weighted by molar-refractivity contribution is 7.91. The number of rotatable bonds is 5. The van der Waals surface area contributed by atoms with E-state index in [9.17, 15) is 8.42 Å². The molecule has 1 aromatic carbocycles. The first kappa shape index (κ1) is 18.4. The fraction of sp³-hybridized carbons (Fsp3) is 0.375. The summed E-state index contributed by atoms with van der Waals surface area (Å²) < 4.78 is 25.1. The van der Waals surface area contributed by atoms with Crippen molar-refractivity contribution in [2.45, 2.75) is 4.90 Å². The van der Waals surface area contributed by atoms with Crippen molar-refractivity contribution in [3.05, 3.63) is 46.7 Å². The number of nitrogens with one attached hydrogen (secondary N) is 1. The third-order valence-corrected chi connectivity index (χ3v) is 6.68. The molecule has 1 aliphatic heterocycles. The van der Waals surface area contributed by atoms with Crippen molar-refractivity contribution in [3.63, 3.8) is 0 Å². The van der Waals surface area contributed by atoms with Gasteiger partial charge in [-0.15, -0.1) is 0 Å². The van der Waals surface area contributed by atoms with Gasteiger partial charge in [-0.25, -0.2) is 18.4 Å². The normalized spacial score (nSPS) is 16.2. The zero-order valence-corrected chi connectivity index (χ0v) is 15.9. The summed E-state index contributed by atoms with van der Waals surface area (Å²) in [5.74, 6) is 0.768. The summed E-state index contributed by atoms with van der Waals surface area (Å²) in [6.45, 7) is 3.83. The average molecular weight is 402 g/mol. The third-order valence-electron chi connectivity index (χ3n) is 4.26. The first-order valence-corrected chi connectivity index (χ1v) is 10.4. The van der Waals surface area contributed by atoms with E-state index < -0.39 is 9.84 Å². The molecule has 1 aromatic heterocycles. The molecule has 1 N–H and O–H groups in total. The lowest BCUT2D eigenvalue weighted by Crippen LogP contribution is -3.15. The number of piperazine rings is 1. The monoisotopic (exact) mass is 401 g/mol. The van der Waals surface area contributed by atoms with E-state index in [0.29, 0.717) is 11.6 Å². The van der Waals surface area contributed by atoms with Crippen LogP contribution < -0.4 is 9.80 Å². The Balaban J connectivity index is 1.57. The summed E-state index contributed by atoms with van der Waals surface area (Å²) in [6.07, 6.45) is 3.45. The van der Waals surface area contributed by atoms with E-state index in [0.717, 1.165) is 32.1 Å². The minimum Gasteiger partial charge on any atom is -0.331 e. The van der Waals surface area contributed by atoms with Crippen LogP contribution in [0.15, 0.2) is 41.6 Å². The van der Waals surface area contributed by atoms with Crippen molar-refractivity contribution in [3.8, 4) is 0 Å². The van der Waals surface area contributed by atoms with Crippen LogP contribution in [0.2, 0.25) is 10.0 Å². The van der Waals surface area contributed by atoms with Crippen molar-refractivity contribution in [1.82, 2.24) is 9.97 Å². The van der Waals surface area contributed by atoms with E-state index in [-0.39, 0.29) is 15.7 Å². The molecule has 0 aliphatic carbocycles. The number of aromatic nitrogens is 2. The van der Waals surface area contributed by atoms with Gasteiger partial charge in [-0.1, -0.05) is 23.2 Å². The Bertz CT molecular complexity index is 825. The fourth-order valence-electron chi connectivity index (χ4n) is 2.83. The van der Waals surface area contributed by atoms with Gasteiger partial charge in [-0.2, -0.15) is 0 Å². The summed E-state index contributed by atoms with van der Waals surface area (Å²) in [4.78, 5) is 12.0. The molecule has 0 saturated carbocycles. The average Bonchev–Trinajstić information content (AvgIpc) is 2.63. The Morgan fingerprint density at radius 1 is 1.12 bits per heavy atom. The maximum absolute atomic E-state index is 12.5. The summed E-state index contributed by atoms with van der Waals surface area (Å²) in [5.41, 5.74) is 0. The maximum Gasteiger partial charge on any atom is 0.225 e. The molecule has 1 aliphatic rings. The number of hydrogen-bond donors (Lipinski definition) is 1. The smallest absolute Gasteiger partial charge is 0.225 e. The van der Waals surface area contributed by atoms with E-state index in [2.05, 4.69) is 14.9 Å². The molecule has 0 unspecified atom stereocenters. The van der Waals surface area contributed by atoms with Gasteiger partial charge in [-0.3, -0.25) is 0 Å². The molecule has 1 fully saturated rings. The van der Waals surface area contributed by atoms with Crippen molar-refractivity contribution in [2.24, 2.45) is 0 Å². The first-order chi connectivity index (χ1) is 12.0. The Hall–Kier alpha value is -1.41. The van der Waals surface area contributed by atoms with Gasteiger partial charge in [-0.05, 0) is 24.3 Å². The molecule has 0 atom stereocenters. The van der Waals surface area contributed by atoms with Gasteiger partial charge in [0.25, 0.3) is 0 Å². The molecule has 0 amide bonds.